The van der Waals surface area contributed by atoms with Crippen LogP contribution in [0.4, 0.5) is 0 Å². The molecule has 4 nitrogen and oxygen atoms in total. The number of aromatic nitrogens is 1. The van der Waals surface area contributed by atoms with Gasteiger partial charge in [0, 0.05) is 5.56 Å². The second kappa shape index (κ2) is 8.83. The van der Waals surface area contributed by atoms with Crippen molar-refractivity contribution in [1.29, 1.82) is 0 Å². The number of thiazole rings is 1. The maximum atomic E-state index is 10.9. The summed E-state index contributed by atoms with van der Waals surface area (Å²) in [6.45, 7) is 7.13. The number of aromatic carboxylic acids is 1. The zero-order valence-electron chi connectivity index (χ0n) is 14.5. The van der Waals surface area contributed by atoms with Crippen LogP contribution in [0.3, 0.4) is 0 Å². The fourth-order valence-electron chi connectivity index (χ4n) is 2.49. The third kappa shape index (κ3) is 4.81. The molecule has 0 aliphatic heterocycles. The zero-order valence-corrected chi connectivity index (χ0v) is 15.4. The molecule has 0 aliphatic rings. The molecule has 2 rings (SSSR count). The van der Waals surface area contributed by atoms with Gasteiger partial charge in [-0.05, 0) is 31.4 Å². The molecule has 1 aromatic heterocycles. The van der Waals surface area contributed by atoms with Crippen LogP contribution < -0.4 is 4.74 Å². The Balaban J connectivity index is 2.05. The maximum Gasteiger partial charge on any atom is 0.335 e. The Morgan fingerprint density at radius 1 is 1.29 bits per heavy atom. The summed E-state index contributed by atoms with van der Waals surface area (Å²) in [5.74, 6) is 0.357. The van der Waals surface area contributed by atoms with Gasteiger partial charge in [-0.3, -0.25) is 0 Å². The molecule has 0 amide bonds. The molecule has 1 aromatic carbocycles. The van der Waals surface area contributed by atoms with Gasteiger partial charge in [0.15, 0.2) is 0 Å². The van der Waals surface area contributed by atoms with Crippen molar-refractivity contribution in [2.75, 3.05) is 6.61 Å². The lowest BCUT2D eigenvalue weighted by molar-refractivity contribution is 0.0697. The lowest BCUT2D eigenvalue weighted by Gasteiger charge is -2.14. The molecule has 0 radical (unpaired) electrons. The number of rotatable bonds is 9. The van der Waals surface area contributed by atoms with Crippen LogP contribution in [0.5, 0.6) is 5.88 Å². The van der Waals surface area contributed by atoms with Crippen molar-refractivity contribution in [3.8, 4) is 16.5 Å². The summed E-state index contributed by atoms with van der Waals surface area (Å²) < 4.78 is 5.96. The average molecular weight is 347 g/mol. The van der Waals surface area contributed by atoms with Crippen LogP contribution in [-0.4, -0.2) is 22.7 Å². The van der Waals surface area contributed by atoms with Gasteiger partial charge in [-0.2, -0.15) is 0 Å². The number of ether oxygens (including phenoxy) is 1. The van der Waals surface area contributed by atoms with Gasteiger partial charge in [0.05, 0.1) is 17.0 Å². The highest BCUT2D eigenvalue weighted by Crippen LogP contribution is 2.32. The Kier molecular flexibility index (Phi) is 6.79. The standard InChI is InChI=1S/C19H25NO3S/c1-4-6-7-14(5-2)12-23-17-13(3)24-18(20-17)15-8-10-16(11-9-15)19(21)22/h8-11,14H,4-7,12H2,1-3H3,(H,21,22). The van der Waals surface area contributed by atoms with E-state index >= 15 is 0 Å². The second-order valence-electron chi connectivity index (χ2n) is 5.99. The minimum Gasteiger partial charge on any atom is -0.478 e. The Hall–Kier alpha value is -1.88. The molecule has 5 heteroatoms. The minimum absolute atomic E-state index is 0.283. The van der Waals surface area contributed by atoms with E-state index in [-0.39, 0.29) is 5.56 Å². The fraction of sp³-hybridized carbons (Fsp3) is 0.474. The van der Waals surface area contributed by atoms with Gasteiger partial charge in [0.1, 0.15) is 5.01 Å². The summed E-state index contributed by atoms with van der Waals surface area (Å²) in [6, 6.07) is 6.79. The third-order valence-corrected chi connectivity index (χ3v) is 5.13. The second-order valence-corrected chi connectivity index (χ2v) is 7.19. The predicted molar refractivity (Wildman–Crippen MR) is 98.0 cm³/mol. The highest BCUT2D eigenvalue weighted by molar-refractivity contribution is 7.15. The van der Waals surface area contributed by atoms with Crippen LogP contribution in [0.1, 0.15) is 54.8 Å². The average Bonchev–Trinajstić information content (AvgIpc) is 2.96. The van der Waals surface area contributed by atoms with Crippen molar-refractivity contribution in [1.82, 2.24) is 4.98 Å². The molecule has 0 spiro atoms. The number of aryl methyl sites for hydroxylation is 1. The molecule has 0 aliphatic carbocycles. The van der Waals surface area contributed by atoms with E-state index in [2.05, 4.69) is 18.8 Å². The first kappa shape index (κ1) is 18.5. The first-order valence-corrected chi connectivity index (χ1v) is 9.30. The van der Waals surface area contributed by atoms with E-state index in [9.17, 15) is 4.79 Å². The van der Waals surface area contributed by atoms with Crippen molar-refractivity contribution in [3.05, 3.63) is 34.7 Å². The van der Waals surface area contributed by atoms with E-state index in [4.69, 9.17) is 9.84 Å². The van der Waals surface area contributed by atoms with E-state index in [0.717, 1.165) is 21.9 Å². The Morgan fingerprint density at radius 2 is 2.00 bits per heavy atom. The van der Waals surface area contributed by atoms with Crippen molar-refractivity contribution in [2.45, 2.75) is 46.5 Å². The molecule has 130 valence electrons. The lowest BCUT2D eigenvalue weighted by Crippen LogP contribution is -2.11. The smallest absolute Gasteiger partial charge is 0.335 e. The number of carboxylic acids is 1. The lowest BCUT2D eigenvalue weighted by atomic mass is 10.0. The van der Waals surface area contributed by atoms with Crippen LogP contribution in [0.25, 0.3) is 10.6 Å². The van der Waals surface area contributed by atoms with E-state index in [1.54, 1.807) is 35.6 Å². The first-order valence-electron chi connectivity index (χ1n) is 8.49. The predicted octanol–water partition coefficient (Wildman–Crippen LogP) is 5.41. The summed E-state index contributed by atoms with van der Waals surface area (Å²) >= 11 is 1.58. The summed E-state index contributed by atoms with van der Waals surface area (Å²) in [7, 11) is 0. The van der Waals surface area contributed by atoms with Gasteiger partial charge in [0.25, 0.3) is 0 Å². The van der Waals surface area contributed by atoms with Crippen molar-refractivity contribution < 1.29 is 14.6 Å². The molecule has 1 heterocycles. The van der Waals surface area contributed by atoms with Gasteiger partial charge in [-0.25, -0.2) is 9.78 Å². The van der Waals surface area contributed by atoms with Gasteiger partial charge in [0.2, 0.25) is 5.88 Å². The van der Waals surface area contributed by atoms with E-state index in [1.165, 1.54) is 19.3 Å². The van der Waals surface area contributed by atoms with Gasteiger partial charge in [-0.1, -0.05) is 45.2 Å². The SMILES string of the molecule is CCCCC(CC)COc1nc(-c2ccc(C(=O)O)cc2)sc1C. The number of hydrogen-bond acceptors (Lipinski definition) is 4. The molecular weight excluding hydrogens is 322 g/mol. The molecule has 24 heavy (non-hydrogen) atoms. The molecule has 1 N–H and O–H groups in total. The number of benzene rings is 1. The Bertz CT molecular complexity index is 664. The number of nitrogens with zero attached hydrogens (tertiary/aromatic N) is 1. The molecule has 1 unspecified atom stereocenters. The molecule has 0 saturated heterocycles. The van der Waals surface area contributed by atoms with Crippen LogP contribution in [0, 0.1) is 12.8 Å². The van der Waals surface area contributed by atoms with Crippen LogP contribution in [-0.2, 0) is 0 Å². The summed E-state index contributed by atoms with van der Waals surface area (Å²) in [5.41, 5.74) is 1.20. The van der Waals surface area contributed by atoms with Crippen molar-refractivity contribution >= 4 is 17.3 Å². The molecule has 0 fully saturated rings. The van der Waals surface area contributed by atoms with Gasteiger partial charge >= 0.3 is 5.97 Å². The summed E-state index contributed by atoms with van der Waals surface area (Å²) in [5, 5.41) is 9.83. The van der Waals surface area contributed by atoms with Crippen molar-refractivity contribution in [2.24, 2.45) is 5.92 Å². The highest BCUT2D eigenvalue weighted by atomic mass is 32.1. The minimum atomic E-state index is -0.918. The van der Waals surface area contributed by atoms with Crippen LogP contribution in [0.2, 0.25) is 0 Å². The molecule has 1 atom stereocenters. The van der Waals surface area contributed by atoms with Crippen molar-refractivity contribution in [3.63, 3.8) is 0 Å². The number of hydrogen-bond donors (Lipinski definition) is 1. The maximum absolute atomic E-state index is 10.9. The van der Waals surface area contributed by atoms with E-state index in [1.807, 2.05) is 6.92 Å². The molecule has 0 bridgehead atoms. The van der Waals surface area contributed by atoms with Gasteiger partial charge < -0.3 is 9.84 Å². The number of carbonyl (C=O) groups is 1. The van der Waals surface area contributed by atoms with Gasteiger partial charge in [-0.15, -0.1) is 11.3 Å². The normalized spacial score (nSPS) is 12.1. The quantitative estimate of drug-likeness (QED) is 0.658. The zero-order chi connectivity index (χ0) is 17.5. The van der Waals surface area contributed by atoms with Crippen LogP contribution in [0.15, 0.2) is 24.3 Å². The number of unbranched alkanes of at least 4 members (excludes halogenated alkanes) is 1. The highest BCUT2D eigenvalue weighted by Gasteiger charge is 2.14. The monoisotopic (exact) mass is 347 g/mol. The first-order chi connectivity index (χ1) is 11.5. The fourth-order valence-corrected chi connectivity index (χ4v) is 3.35. The molecule has 2 aromatic rings. The molecular formula is C19H25NO3S. The van der Waals surface area contributed by atoms with E-state index in [0.29, 0.717) is 18.4 Å². The Labute approximate surface area is 147 Å². The van der Waals surface area contributed by atoms with Crippen LogP contribution >= 0.6 is 11.3 Å². The summed E-state index contributed by atoms with van der Waals surface area (Å²) in [4.78, 5) is 16.6. The number of carboxylic acid groups (broad SMARTS) is 1. The largest absolute Gasteiger partial charge is 0.478 e. The summed E-state index contributed by atoms with van der Waals surface area (Å²) in [6.07, 6.45) is 4.76. The molecule has 0 saturated carbocycles. The third-order valence-electron chi connectivity index (χ3n) is 4.13. The Morgan fingerprint density at radius 3 is 2.58 bits per heavy atom. The topological polar surface area (TPSA) is 59.4 Å². The van der Waals surface area contributed by atoms with E-state index < -0.39 is 5.97 Å².